The number of hydrogen-bond acceptors (Lipinski definition) is 4. The van der Waals surface area contributed by atoms with Gasteiger partial charge in [0.2, 0.25) is 5.91 Å². The van der Waals surface area contributed by atoms with Crippen LogP contribution in [0.3, 0.4) is 0 Å². The molecule has 0 aliphatic heterocycles. The molecule has 0 unspecified atom stereocenters. The zero-order valence-corrected chi connectivity index (χ0v) is 15.1. The van der Waals surface area contributed by atoms with Crippen LogP contribution in [0, 0.1) is 0 Å². The van der Waals surface area contributed by atoms with Gasteiger partial charge >= 0.3 is 0 Å². The summed E-state index contributed by atoms with van der Waals surface area (Å²) < 4.78 is 6.17. The number of nitrogens with zero attached hydrogens (tertiary/aromatic N) is 1. The summed E-state index contributed by atoms with van der Waals surface area (Å²) in [6, 6.07) is 15.6. The third-order valence-electron chi connectivity index (χ3n) is 2.93. The van der Waals surface area contributed by atoms with Gasteiger partial charge in [0.1, 0.15) is 5.75 Å². The fraction of sp³-hybridized carbons (Fsp3) is 0.176. The summed E-state index contributed by atoms with van der Waals surface area (Å²) in [5.74, 6) is 1.30. The molecule has 0 atom stereocenters. The fourth-order valence-corrected chi connectivity index (χ4v) is 3.07. The molecule has 6 heteroatoms. The molecule has 0 fully saturated rings. The molecule has 0 saturated heterocycles. The smallest absolute Gasteiger partial charge is 0.240 e. The summed E-state index contributed by atoms with van der Waals surface area (Å²) >= 11 is 5.04. The molecule has 0 radical (unpaired) electrons. The van der Waals surface area contributed by atoms with E-state index in [1.165, 1.54) is 0 Å². The average Bonchev–Trinajstić information content (AvgIpc) is 2.56. The number of carbonyl (C=O) groups is 1. The molecule has 0 aliphatic carbocycles. The maximum absolute atomic E-state index is 11.8. The number of benzene rings is 2. The Kier molecular flexibility index (Phi) is 7.16. The molecule has 0 spiro atoms. The maximum atomic E-state index is 11.8. The molecule has 0 bridgehead atoms. The van der Waals surface area contributed by atoms with Crippen LogP contribution >= 0.6 is 27.7 Å². The van der Waals surface area contributed by atoms with E-state index < -0.39 is 0 Å². The molecule has 2 rings (SSSR count). The number of thioether (sulfide) groups is 1. The summed E-state index contributed by atoms with van der Waals surface area (Å²) in [6.45, 7) is 0. The Labute approximate surface area is 148 Å². The first-order valence-corrected chi connectivity index (χ1v) is 8.80. The Morgan fingerprint density at radius 1 is 1.30 bits per heavy atom. The minimum absolute atomic E-state index is 0.112. The Morgan fingerprint density at radius 2 is 2.09 bits per heavy atom. The first-order chi connectivity index (χ1) is 11.2. The highest BCUT2D eigenvalue weighted by atomic mass is 79.9. The number of hydrazone groups is 1. The molecular formula is C17H17BrN2O2S. The van der Waals surface area contributed by atoms with Crippen molar-refractivity contribution in [1.29, 1.82) is 0 Å². The highest BCUT2D eigenvalue weighted by Gasteiger charge is 2.03. The van der Waals surface area contributed by atoms with Crippen LogP contribution in [-0.2, 0) is 4.79 Å². The van der Waals surface area contributed by atoms with Gasteiger partial charge in [-0.3, -0.25) is 4.79 Å². The normalized spacial score (nSPS) is 10.7. The van der Waals surface area contributed by atoms with Gasteiger partial charge in [-0.15, -0.1) is 11.8 Å². The van der Waals surface area contributed by atoms with E-state index in [1.807, 2.05) is 48.5 Å². The van der Waals surface area contributed by atoms with E-state index >= 15 is 0 Å². The number of methoxy groups -OCH3 is 1. The molecule has 0 aromatic heterocycles. The summed E-state index contributed by atoms with van der Waals surface area (Å²) in [7, 11) is 1.60. The van der Waals surface area contributed by atoms with Crippen molar-refractivity contribution in [2.75, 3.05) is 12.9 Å². The van der Waals surface area contributed by atoms with Crippen molar-refractivity contribution in [3.05, 3.63) is 58.6 Å². The number of amides is 1. The van der Waals surface area contributed by atoms with Gasteiger partial charge in [-0.2, -0.15) is 5.10 Å². The van der Waals surface area contributed by atoms with Gasteiger partial charge < -0.3 is 4.74 Å². The summed E-state index contributed by atoms with van der Waals surface area (Å²) in [6.07, 6.45) is 1.98. The van der Waals surface area contributed by atoms with Gasteiger partial charge in [0, 0.05) is 27.1 Å². The van der Waals surface area contributed by atoms with E-state index in [0.717, 1.165) is 14.9 Å². The molecule has 0 aliphatic rings. The standard InChI is InChI=1S/C17H17BrN2O2S/c1-22-16-8-7-14(18)11-13(16)12-19-20-17(21)9-10-23-15-5-3-2-4-6-15/h2-8,11-12H,9-10H2,1H3,(H,20,21)/b19-12-. The summed E-state index contributed by atoms with van der Waals surface area (Å²) in [5.41, 5.74) is 3.33. The van der Waals surface area contributed by atoms with Gasteiger partial charge in [-0.25, -0.2) is 5.43 Å². The van der Waals surface area contributed by atoms with E-state index in [1.54, 1.807) is 25.1 Å². The monoisotopic (exact) mass is 392 g/mol. The molecule has 4 nitrogen and oxygen atoms in total. The predicted octanol–water partition coefficient (Wildman–Crippen LogP) is 4.09. The Balaban J connectivity index is 1.79. The zero-order chi connectivity index (χ0) is 16.5. The van der Waals surface area contributed by atoms with Crippen molar-refractivity contribution in [1.82, 2.24) is 5.43 Å². The van der Waals surface area contributed by atoms with Crippen molar-refractivity contribution in [2.45, 2.75) is 11.3 Å². The molecule has 1 amide bonds. The van der Waals surface area contributed by atoms with Crippen molar-refractivity contribution in [2.24, 2.45) is 5.10 Å². The predicted molar refractivity (Wildman–Crippen MR) is 98.2 cm³/mol. The number of hydrogen-bond donors (Lipinski definition) is 1. The van der Waals surface area contributed by atoms with Gasteiger partial charge in [0.15, 0.2) is 0 Å². The van der Waals surface area contributed by atoms with Crippen LogP contribution in [0.25, 0.3) is 0 Å². The third-order valence-corrected chi connectivity index (χ3v) is 4.43. The lowest BCUT2D eigenvalue weighted by atomic mass is 10.2. The van der Waals surface area contributed by atoms with Gasteiger partial charge in [-0.05, 0) is 30.3 Å². The highest BCUT2D eigenvalue weighted by Crippen LogP contribution is 2.21. The topological polar surface area (TPSA) is 50.7 Å². The molecule has 120 valence electrons. The number of carbonyl (C=O) groups excluding carboxylic acids is 1. The summed E-state index contributed by atoms with van der Waals surface area (Å²) in [4.78, 5) is 12.9. The third kappa shape index (κ3) is 6.08. The fourth-order valence-electron chi connectivity index (χ4n) is 1.81. The van der Waals surface area contributed by atoms with Crippen LogP contribution in [0.4, 0.5) is 0 Å². The van der Waals surface area contributed by atoms with E-state index in [4.69, 9.17) is 4.74 Å². The second-order valence-corrected chi connectivity index (χ2v) is 6.67. The molecule has 0 heterocycles. The van der Waals surface area contributed by atoms with Crippen LogP contribution in [0.1, 0.15) is 12.0 Å². The number of rotatable bonds is 7. The lowest BCUT2D eigenvalue weighted by molar-refractivity contribution is -0.120. The van der Waals surface area contributed by atoms with Gasteiger partial charge in [0.25, 0.3) is 0 Å². The van der Waals surface area contributed by atoms with Crippen molar-refractivity contribution >= 4 is 39.8 Å². The van der Waals surface area contributed by atoms with Crippen LogP contribution in [-0.4, -0.2) is 25.0 Å². The molecule has 2 aromatic carbocycles. The molecule has 1 N–H and O–H groups in total. The number of ether oxygens (including phenoxy) is 1. The second kappa shape index (κ2) is 9.37. The van der Waals surface area contributed by atoms with Crippen molar-refractivity contribution in [3.63, 3.8) is 0 Å². The summed E-state index contributed by atoms with van der Waals surface area (Å²) in [5, 5.41) is 3.98. The molecule has 2 aromatic rings. The number of halogens is 1. The van der Waals surface area contributed by atoms with Crippen LogP contribution in [0.15, 0.2) is 63.0 Å². The van der Waals surface area contributed by atoms with E-state index in [9.17, 15) is 4.79 Å². The minimum Gasteiger partial charge on any atom is -0.496 e. The molecular weight excluding hydrogens is 376 g/mol. The highest BCUT2D eigenvalue weighted by molar-refractivity contribution is 9.10. The first-order valence-electron chi connectivity index (χ1n) is 7.02. The van der Waals surface area contributed by atoms with E-state index in [2.05, 4.69) is 26.5 Å². The van der Waals surface area contributed by atoms with Gasteiger partial charge in [-0.1, -0.05) is 34.1 Å². The molecule has 0 saturated carbocycles. The zero-order valence-electron chi connectivity index (χ0n) is 12.7. The van der Waals surface area contributed by atoms with Gasteiger partial charge in [0.05, 0.1) is 13.3 Å². The maximum Gasteiger partial charge on any atom is 0.240 e. The Bertz CT molecular complexity index is 678. The minimum atomic E-state index is -0.112. The van der Waals surface area contributed by atoms with E-state index in [0.29, 0.717) is 17.9 Å². The molecule has 23 heavy (non-hydrogen) atoms. The largest absolute Gasteiger partial charge is 0.496 e. The SMILES string of the molecule is COc1ccc(Br)cc1/C=N\NC(=O)CCSc1ccccc1. The second-order valence-electron chi connectivity index (χ2n) is 4.59. The van der Waals surface area contributed by atoms with Crippen LogP contribution < -0.4 is 10.2 Å². The average molecular weight is 393 g/mol. The van der Waals surface area contributed by atoms with Crippen LogP contribution in [0.2, 0.25) is 0 Å². The van der Waals surface area contributed by atoms with Crippen molar-refractivity contribution in [3.8, 4) is 5.75 Å². The Morgan fingerprint density at radius 3 is 2.83 bits per heavy atom. The first kappa shape index (κ1) is 17.6. The Hall–Kier alpha value is -1.79. The number of nitrogens with one attached hydrogen (secondary N) is 1. The lowest BCUT2D eigenvalue weighted by Crippen LogP contribution is -2.17. The lowest BCUT2D eigenvalue weighted by Gasteiger charge is -2.04. The van der Waals surface area contributed by atoms with Crippen LogP contribution in [0.5, 0.6) is 5.75 Å². The quantitative estimate of drug-likeness (QED) is 0.438. The van der Waals surface area contributed by atoms with Crippen molar-refractivity contribution < 1.29 is 9.53 Å². The van der Waals surface area contributed by atoms with E-state index in [-0.39, 0.29) is 5.91 Å².